The van der Waals surface area contributed by atoms with Crippen molar-refractivity contribution in [1.29, 1.82) is 0 Å². The molecule has 0 aliphatic heterocycles. The topological polar surface area (TPSA) is 102 Å². The number of nitrogens with two attached hydrogens (primary N) is 2. The van der Waals surface area contributed by atoms with Gasteiger partial charge in [0.15, 0.2) is 11.5 Å². The van der Waals surface area contributed by atoms with E-state index in [1.807, 2.05) is 0 Å². The molecule has 6 N–H and O–H groups in total. The third-order valence-electron chi connectivity index (χ3n) is 1.50. The van der Waals surface area contributed by atoms with E-state index in [1.165, 1.54) is 13.2 Å². The molecule has 66 valence electrons. The quantitative estimate of drug-likeness (QED) is 0.358. The molecule has 0 unspecified atom stereocenters. The first-order valence-corrected chi connectivity index (χ1v) is 3.21. The van der Waals surface area contributed by atoms with Gasteiger partial charge < -0.3 is 26.4 Å². The van der Waals surface area contributed by atoms with Gasteiger partial charge in [-0.3, -0.25) is 0 Å². The summed E-state index contributed by atoms with van der Waals surface area (Å²) in [7, 11) is 1.35. The van der Waals surface area contributed by atoms with Crippen LogP contribution in [-0.2, 0) is 0 Å². The number of aromatic hydroxyl groups is 2. The number of ether oxygens (including phenoxy) is 1. The lowest BCUT2D eigenvalue weighted by Crippen LogP contribution is -1.96. The number of methoxy groups -OCH3 is 1. The molecule has 5 nitrogen and oxygen atoms in total. The summed E-state index contributed by atoms with van der Waals surface area (Å²) < 4.78 is 4.75. The average molecular weight is 170 g/mol. The van der Waals surface area contributed by atoms with Crippen LogP contribution in [0.4, 0.5) is 11.4 Å². The predicted octanol–water partition coefficient (Wildman–Crippen LogP) is 0.271. The van der Waals surface area contributed by atoms with Gasteiger partial charge in [-0.1, -0.05) is 0 Å². The number of rotatable bonds is 1. The first-order chi connectivity index (χ1) is 5.57. The molecule has 0 saturated carbocycles. The van der Waals surface area contributed by atoms with E-state index in [0.717, 1.165) is 0 Å². The van der Waals surface area contributed by atoms with Crippen LogP contribution in [0.1, 0.15) is 0 Å². The highest BCUT2D eigenvalue weighted by Crippen LogP contribution is 2.42. The molecule has 5 heteroatoms. The fourth-order valence-electron chi connectivity index (χ4n) is 0.885. The molecule has 0 amide bonds. The number of phenolic OH excluding ortho intramolecular Hbond substituents is 2. The summed E-state index contributed by atoms with van der Waals surface area (Å²) in [5.74, 6) is -0.522. The maximum Gasteiger partial charge on any atom is 0.187 e. The van der Waals surface area contributed by atoms with Crippen molar-refractivity contribution < 1.29 is 14.9 Å². The van der Waals surface area contributed by atoms with Crippen LogP contribution < -0.4 is 16.2 Å². The summed E-state index contributed by atoms with van der Waals surface area (Å²) in [6.07, 6.45) is 0. The van der Waals surface area contributed by atoms with E-state index in [1.54, 1.807) is 0 Å². The molecule has 0 aromatic heterocycles. The van der Waals surface area contributed by atoms with Gasteiger partial charge in [0.1, 0.15) is 11.4 Å². The highest BCUT2D eigenvalue weighted by molar-refractivity contribution is 5.76. The number of anilines is 2. The lowest BCUT2D eigenvalue weighted by molar-refractivity contribution is 0.373. The van der Waals surface area contributed by atoms with Crippen LogP contribution in [0.2, 0.25) is 0 Å². The summed E-state index contributed by atoms with van der Waals surface area (Å²) in [5, 5.41) is 18.3. The Labute approximate surface area is 69.2 Å². The van der Waals surface area contributed by atoms with Gasteiger partial charge in [0.05, 0.1) is 12.8 Å². The van der Waals surface area contributed by atoms with Crippen LogP contribution in [-0.4, -0.2) is 17.3 Å². The maximum absolute atomic E-state index is 9.27. The van der Waals surface area contributed by atoms with Gasteiger partial charge in [0, 0.05) is 6.07 Å². The number of nitrogen functional groups attached to an aromatic ring is 2. The Morgan fingerprint density at radius 2 is 1.92 bits per heavy atom. The largest absolute Gasteiger partial charge is 0.506 e. The van der Waals surface area contributed by atoms with Gasteiger partial charge in [-0.15, -0.1) is 0 Å². The Morgan fingerprint density at radius 1 is 1.33 bits per heavy atom. The normalized spacial score (nSPS) is 9.75. The van der Waals surface area contributed by atoms with E-state index in [-0.39, 0.29) is 28.6 Å². The van der Waals surface area contributed by atoms with Gasteiger partial charge in [-0.25, -0.2) is 0 Å². The van der Waals surface area contributed by atoms with Gasteiger partial charge in [0.2, 0.25) is 0 Å². The zero-order valence-electron chi connectivity index (χ0n) is 6.53. The van der Waals surface area contributed by atoms with Crippen LogP contribution in [0.3, 0.4) is 0 Å². The number of hydrogen-bond acceptors (Lipinski definition) is 5. The summed E-state index contributed by atoms with van der Waals surface area (Å²) in [6, 6.07) is 1.22. The Kier molecular flexibility index (Phi) is 1.86. The van der Waals surface area contributed by atoms with Crippen molar-refractivity contribution in [1.82, 2.24) is 0 Å². The van der Waals surface area contributed by atoms with E-state index in [9.17, 15) is 5.11 Å². The number of benzene rings is 1. The van der Waals surface area contributed by atoms with Crippen molar-refractivity contribution in [3.63, 3.8) is 0 Å². The van der Waals surface area contributed by atoms with Crippen LogP contribution in [0.5, 0.6) is 17.2 Å². The summed E-state index contributed by atoms with van der Waals surface area (Å²) in [4.78, 5) is 0. The molecule has 12 heavy (non-hydrogen) atoms. The van der Waals surface area contributed by atoms with Crippen molar-refractivity contribution in [3.05, 3.63) is 6.07 Å². The molecule has 1 rings (SSSR count). The third-order valence-corrected chi connectivity index (χ3v) is 1.50. The molecule has 0 bridgehead atoms. The minimum Gasteiger partial charge on any atom is -0.506 e. The summed E-state index contributed by atoms with van der Waals surface area (Å²) in [6.45, 7) is 0. The molecule has 0 heterocycles. The minimum absolute atomic E-state index is 0.0744. The fourth-order valence-corrected chi connectivity index (χ4v) is 0.885. The van der Waals surface area contributed by atoms with Crippen LogP contribution in [0, 0.1) is 0 Å². The molecule has 1 aromatic rings. The molecular formula is C7H10N2O3. The molecule has 0 atom stereocenters. The van der Waals surface area contributed by atoms with Crippen molar-refractivity contribution in [2.45, 2.75) is 0 Å². The zero-order chi connectivity index (χ0) is 9.30. The Morgan fingerprint density at radius 3 is 2.42 bits per heavy atom. The van der Waals surface area contributed by atoms with Gasteiger partial charge in [-0.05, 0) is 0 Å². The van der Waals surface area contributed by atoms with Crippen molar-refractivity contribution in [3.8, 4) is 17.2 Å². The smallest absolute Gasteiger partial charge is 0.187 e. The van der Waals surface area contributed by atoms with Crippen LogP contribution >= 0.6 is 0 Å². The number of hydrogen-bond donors (Lipinski definition) is 4. The molecule has 0 aliphatic carbocycles. The SMILES string of the molecule is COc1c(N)cc(O)c(N)c1O. The highest BCUT2D eigenvalue weighted by atomic mass is 16.5. The number of phenols is 2. The van der Waals surface area contributed by atoms with Gasteiger partial charge in [0.25, 0.3) is 0 Å². The highest BCUT2D eigenvalue weighted by Gasteiger charge is 2.13. The second-order valence-electron chi connectivity index (χ2n) is 2.28. The second-order valence-corrected chi connectivity index (χ2v) is 2.28. The monoisotopic (exact) mass is 170 g/mol. The lowest BCUT2D eigenvalue weighted by atomic mass is 10.2. The standard InChI is InChI=1S/C7H10N2O3/c1-12-7-3(8)2-4(10)5(9)6(7)11/h2,10-11H,8-9H2,1H3. The molecule has 0 aliphatic rings. The second kappa shape index (κ2) is 2.69. The summed E-state index contributed by atoms with van der Waals surface area (Å²) >= 11 is 0. The average Bonchev–Trinajstić information content (AvgIpc) is 2.01. The fraction of sp³-hybridized carbons (Fsp3) is 0.143. The van der Waals surface area contributed by atoms with E-state index < -0.39 is 0 Å². The van der Waals surface area contributed by atoms with Crippen LogP contribution in [0.15, 0.2) is 6.07 Å². The predicted molar refractivity (Wildman–Crippen MR) is 45.1 cm³/mol. The lowest BCUT2D eigenvalue weighted by Gasteiger charge is -2.09. The third kappa shape index (κ3) is 1.05. The van der Waals surface area contributed by atoms with E-state index in [0.29, 0.717) is 0 Å². The van der Waals surface area contributed by atoms with Crippen LogP contribution in [0.25, 0.3) is 0 Å². The van der Waals surface area contributed by atoms with Crippen molar-refractivity contribution in [2.75, 3.05) is 18.6 Å². The molecule has 1 aromatic carbocycles. The van der Waals surface area contributed by atoms with Gasteiger partial charge in [-0.2, -0.15) is 0 Å². The zero-order valence-corrected chi connectivity index (χ0v) is 6.53. The summed E-state index contributed by atoms with van der Waals surface area (Å²) in [5.41, 5.74) is 10.7. The van der Waals surface area contributed by atoms with Gasteiger partial charge >= 0.3 is 0 Å². The Bertz CT molecular complexity index is 312. The molecule has 0 saturated heterocycles. The van der Waals surface area contributed by atoms with E-state index in [2.05, 4.69) is 0 Å². The van der Waals surface area contributed by atoms with Crippen molar-refractivity contribution in [2.24, 2.45) is 0 Å². The molecule has 0 spiro atoms. The van der Waals surface area contributed by atoms with Crippen molar-refractivity contribution >= 4 is 11.4 Å². The molecule has 0 radical (unpaired) electrons. The first kappa shape index (κ1) is 8.32. The Hall–Kier alpha value is -1.78. The molecule has 0 fully saturated rings. The first-order valence-electron chi connectivity index (χ1n) is 3.21. The minimum atomic E-state index is -0.338. The molecular weight excluding hydrogens is 160 g/mol. The van der Waals surface area contributed by atoms with E-state index in [4.69, 9.17) is 21.3 Å². The Balaban J connectivity index is 3.40. The van der Waals surface area contributed by atoms with E-state index >= 15 is 0 Å². The maximum atomic E-state index is 9.27.